The zero-order chi connectivity index (χ0) is 5.54. The summed E-state index contributed by atoms with van der Waals surface area (Å²) >= 11 is 0.847. The average Bonchev–Trinajstić information content (AvgIpc) is 2.23. The molecule has 7 heavy (non-hydrogen) atoms. The zero-order valence-electron chi connectivity index (χ0n) is 3.85. The van der Waals surface area contributed by atoms with Crippen LogP contribution in [0.4, 0.5) is 0 Å². The summed E-state index contributed by atoms with van der Waals surface area (Å²) in [6, 6.07) is 0. The predicted molar refractivity (Wildman–Crippen MR) is 24.1 cm³/mol. The molecule has 0 saturated carbocycles. The Bertz CT molecular complexity index is 52.9. The van der Waals surface area contributed by atoms with Crippen LogP contribution in [-0.2, 0) is 22.0 Å². The van der Waals surface area contributed by atoms with Crippen LogP contribution in [0.3, 0.4) is 0 Å². The Morgan fingerprint density at radius 2 is 2.43 bits per heavy atom. The molecular formula is C3H4ClNOZn. The van der Waals surface area contributed by atoms with E-state index < -0.39 is 0 Å². The molecule has 0 aromatic carbocycles. The van der Waals surface area contributed by atoms with Crippen LogP contribution >= 0.6 is 9.69 Å². The number of rotatable bonds is 0. The van der Waals surface area contributed by atoms with Crippen LogP contribution in [0.15, 0.2) is 4.99 Å². The second kappa shape index (κ2) is 6.38. The molecule has 0 amide bonds. The second-order valence-corrected chi connectivity index (χ2v) is 0.821. The Kier molecular flexibility index (Phi) is 6.73. The Morgan fingerprint density at radius 1 is 1.71 bits per heavy atom. The van der Waals surface area contributed by atoms with E-state index in [4.69, 9.17) is 9.69 Å². The molecule has 0 bridgehead atoms. The summed E-state index contributed by atoms with van der Waals surface area (Å²) in [4.78, 5) is 3.61. The summed E-state index contributed by atoms with van der Waals surface area (Å²) in [5.74, 6) is 0. The number of hydrogen-bond acceptors (Lipinski definition) is 2. The van der Waals surface area contributed by atoms with Crippen molar-refractivity contribution in [3.05, 3.63) is 0 Å². The maximum atomic E-state index is 4.76. The van der Waals surface area contributed by atoms with E-state index in [-0.39, 0.29) is 0 Å². The van der Waals surface area contributed by atoms with Crippen molar-refractivity contribution in [1.29, 1.82) is 0 Å². The van der Waals surface area contributed by atoms with Gasteiger partial charge in [-0.3, -0.25) is 0 Å². The number of ether oxygens (including phenoxy) is 1. The molecule has 0 spiro atoms. The Morgan fingerprint density at radius 3 is 2.57 bits per heavy atom. The maximum absolute atomic E-state index is 4.76. The molecule has 36 valence electrons. The van der Waals surface area contributed by atoms with Crippen molar-refractivity contribution >= 4 is 16.1 Å². The first-order valence-electron chi connectivity index (χ1n) is 1.80. The number of hydrogen-bond donors (Lipinski definition) is 0. The van der Waals surface area contributed by atoms with Gasteiger partial charge >= 0.3 is 27.0 Å². The SMILES string of the molecule is [C-]1=NCCO1.[Cl][Zn+]. The third-order valence-corrected chi connectivity index (χ3v) is 0.434. The van der Waals surface area contributed by atoms with E-state index in [1.54, 1.807) is 0 Å². The molecular weight excluding hydrogens is 167 g/mol. The topological polar surface area (TPSA) is 21.6 Å². The summed E-state index contributed by atoms with van der Waals surface area (Å²) in [5.41, 5.74) is 0. The fourth-order valence-electron chi connectivity index (χ4n) is 0.228. The van der Waals surface area contributed by atoms with Gasteiger partial charge in [-0.25, -0.2) is 6.40 Å². The third kappa shape index (κ3) is 4.23. The summed E-state index contributed by atoms with van der Waals surface area (Å²) in [6.45, 7) is 1.51. The van der Waals surface area contributed by atoms with Crippen LogP contribution in [0.5, 0.6) is 0 Å². The molecule has 0 atom stereocenters. The third-order valence-electron chi connectivity index (χ3n) is 0.434. The van der Waals surface area contributed by atoms with Gasteiger partial charge in [-0.1, -0.05) is 0 Å². The van der Waals surface area contributed by atoms with Gasteiger partial charge < -0.3 is 9.73 Å². The van der Waals surface area contributed by atoms with E-state index in [0.717, 1.165) is 30.5 Å². The molecule has 0 aromatic rings. The van der Waals surface area contributed by atoms with Gasteiger partial charge in [0.05, 0.1) is 6.61 Å². The molecule has 2 nitrogen and oxygen atoms in total. The number of nitrogens with zero attached hydrogens (tertiary/aromatic N) is 1. The monoisotopic (exact) mass is 169 g/mol. The first-order valence-corrected chi connectivity index (χ1v) is 5.70. The van der Waals surface area contributed by atoms with E-state index in [2.05, 4.69) is 16.1 Å². The van der Waals surface area contributed by atoms with E-state index >= 15 is 0 Å². The van der Waals surface area contributed by atoms with Gasteiger partial charge in [0.15, 0.2) is 0 Å². The van der Waals surface area contributed by atoms with Gasteiger partial charge in [-0.2, -0.15) is 0 Å². The van der Waals surface area contributed by atoms with Crippen molar-refractivity contribution in [2.24, 2.45) is 4.99 Å². The molecule has 0 aromatic heterocycles. The Balaban J connectivity index is 0.000000162. The van der Waals surface area contributed by atoms with Crippen LogP contribution in [0.2, 0.25) is 0 Å². The standard InChI is InChI=1S/C3H4NO.ClH.Zn/c1-2-5-3-4-1;;/h1-2H2;1H;/q-1;;+2/p-1. The van der Waals surface area contributed by atoms with E-state index in [9.17, 15) is 0 Å². The number of halogens is 1. The fourth-order valence-corrected chi connectivity index (χ4v) is 0.228. The quantitative estimate of drug-likeness (QED) is 0.386. The minimum atomic E-state index is 0.722. The van der Waals surface area contributed by atoms with Crippen molar-refractivity contribution in [2.75, 3.05) is 13.2 Å². The normalized spacial score (nSPS) is 14.7. The van der Waals surface area contributed by atoms with Crippen LogP contribution < -0.4 is 0 Å². The molecule has 0 fully saturated rings. The van der Waals surface area contributed by atoms with Gasteiger partial charge in [0, 0.05) is 6.54 Å². The molecule has 1 rings (SSSR count). The zero-order valence-corrected chi connectivity index (χ0v) is 7.58. The molecule has 4 heteroatoms. The van der Waals surface area contributed by atoms with Gasteiger partial charge in [-0.15, -0.1) is 0 Å². The molecule has 0 radical (unpaired) electrons. The van der Waals surface area contributed by atoms with Crippen molar-refractivity contribution < 1.29 is 22.0 Å². The molecule has 0 N–H and O–H groups in total. The predicted octanol–water partition coefficient (Wildman–Crippen LogP) is 0.609. The molecule has 0 saturated heterocycles. The molecule has 1 aliphatic heterocycles. The van der Waals surface area contributed by atoms with Gasteiger partial charge in [0.2, 0.25) is 0 Å². The van der Waals surface area contributed by atoms with Crippen LogP contribution in [-0.4, -0.2) is 19.6 Å². The van der Waals surface area contributed by atoms with Crippen molar-refractivity contribution in [3.8, 4) is 0 Å². The van der Waals surface area contributed by atoms with Crippen molar-refractivity contribution in [2.45, 2.75) is 0 Å². The van der Waals surface area contributed by atoms with E-state index in [0.29, 0.717) is 0 Å². The minimum absolute atomic E-state index is 0.722. The first kappa shape index (κ1) is 7.38. The van der Waals surface area contributed by atoms with Gasteiger partial charge in [-0.05, 0) is 0 Å². The van der Waals surface area contributed by atoms with Crippen LogP contribution in [0.25, 0.3) is 0 Å². The second-order valence-electron chi connectivity index (χ2n) is 0.821. The van der Waals surface area contributed by atoms with E-state index in [1.807, 2.05) is 0 Å². The van der Waals surface area contributed by atoms with Crippen molar-refractivity contribution in [3.63, 3.8) is 0 Å². The first-order chi connectivity index (χ1) is 3.50. The average molecular weight is 171 g/mol. The van der Waals surface area contributed by atoms with E-state index in [1.165, 1.54) is 0 Å². The summed E-state index contributed by atoms with van der Waals surface area (Å²) in [5, 5.41) is 0. The molecule has 0 aliphatic carbocycles. The van der Waals surface area contributed by atoms with Gasteiger partial charge in [0.1, 0.15) is 0 Å². The Hall–Kier alpha value is 0.383. The van der Waals surface area contributed by atoms with Crippen LogP contribution in [0, 0.1) is 0 Å². The van der Waals surface area contributed by atoms with Gasteiger partial charge in [0.25, 0.3) is 0 Å². The Labute approximate surface area is 56.6 Å². The summed E-state index contributed by atoms with van der Waals surface area (Å²) in [6.07, 6.45) is 2.35. The fraction of sp³-hybridized carbons (Fsp3) is 0.667. The van der Waals surface area contributed by atoms with Crippen LogP contribution in [0.1, 0.15) is 0 Å². The molecule has 1 heterocycles. The summed E-state index contributed by atoms with van der Waals surface area (Å²) < 4.78 is 4.53. The number of aliphatic imine (C=N–C) groups is 1. The summed E-state index contributed by atoms with van der Waals surface area (Å²) in [7, 11) is 4.76. The van der Waals surface area contributed by atoms with Crippen molar-refractivity contribution in [1.82, 2.24) is 0 Å². The molecule has 1 aliphatic rings. The molecule has 0 unspecified atom stereocenters.